The van der Waals surface area contributed by atoms with Crippen LogP contribution in [0.2, 0.25) is 5.15 Å². The first kappa shape index (κ1) is 15.1. The molecule has 0 aliphatic heterocycles. The number of hydrogen-bond acceptors (Lipinski definition) is 4. The van der Waals surface area contributed by atoms with Crippen molar-refractivity contribution < 1.29 is 4.74 Å². The minimum absolute atomic E-state index is 0.0459. The minimum atomic E-state index is -0.319. The first-order valence-corrected chi connectivity index (χ1v) is 7.17. The molecule has 0 radical (unpaired) electrons. The molecule has 6 nitrogen and oxygen atoms in total. The molecule has 8 heteroatoms. The van der Waals surface area contributed by atoms with Crippen LogP contribution in [-0.2, 0) is 13.1 Å². The van der Waals surface area contributed by atoms with E-state index in [0.717, 1.165) is 15.9 Å². The molecule has 0 aliphatic rings. The van der Waals surface area contributed by atoms with Gasteiger partial charge in [0, 0.05) is 6.54 Å². The Hall–Kier alpha value is -1.34. The third-order valence-corrected chi connectivity index (χ3v) is 4.23. The molecule has 2 heterocycles. The van der Waals surface area contributed by atoms with Crippen molar-refractivity contribution in [1.82, 2.24) is 19.3 Å². The Bertz CT molecular complexity index is 695. The summed E-state index contributed by atoms with van der Waals surface area (Å²) in [7, 11) is 1.39. The fourth-order valence-corrected chi connectivity index (χ4v) is 2.53. The standard InChI is InChI=1S/C12H14BrClN4O2/c1-4-18-8(9(13)7(2)16-18)5-17-6-15-11(14)10(20-3)12(17)19/h6H,4-5H2,1-3H3. The van der Waals surface area contributed by atoms with Crippen LogP contribution in [0, 0.1) is 6.92 Å². The van der Waals surface area contributed by atoms with E-state index in [1.165, 1.54) is 18.0 Å². The summed E-state index contributed by atoms with van der Waals surface area (Å²) in [5.41, 5.74) is 1.46. The number of hydrogen-bond donors (Lipinski definition) is 0. The summed E-state index contributed by atoms with van der Waals surface area (Å²) >= 11 is 9.32. The average molecular weight is 362 g/mol. The Morgan fingerprint density at radius 2 is 2.20 bits per heavy atom. The van der Waals surface area contributed by atoms with Crippen LogP contribution in [0.15, 0.2) is 15.6 Å². The Morgan fingerprint density at radius 3 is 2.80 bits per heavy atom. The smallest absolute Gasteiger partial charge is 0.297 e. The van der Waals surface area contributed by atoms with Crippen molar-refractivity contribution in [3.05, 3.63) is 37.7 Å². The predicted octanol–water partition coefficient (Wildman–Crippen LogP) is 2.24. The molecule has 0 saturated heterocycles. The van der Waals surface area contributed by atoms with E-state index in [2.05, 4.69) is 26.0 Å². The van der Waals surface area contributed by atoms with Crippen LogP contribution in [-0.4, -0.2) is 26.4 Å². The summed E-state index contributed by atoms with van der Waals surface area (Å²) < 4.78 is 9.16. The summed E-state index contributed by atoms with van der Waals surface area (Å²) in [5, 5.41) is 4.45. The van der Waals surface area contributed by atoms with Gasteiger partial charge in [-0.3, -0.25) is 14.0 Å². The van der Waals surface area contributed by atoms with Crippen molar-refractivity contribution in [3.8, 4) is 5.75 Å². The van der Waals surface area contributed by atoms with E-state index in [-0.39, 0.29) is 16.5 Å². The number of nitrogens with zero attached hydrogens (tertiary/aromatic N) is 4. The third kappa shape index (κ3) is 2.60. The fourth-order valence-electron chi connectivity index (χ4n) is 1.92. The molecule has 0 spiro atoms. The SMILES string of the molecule is CCn1nc(C)c(Br)c1Cn1cnc(Cl)c(OC)c1=O. The molecule has 0 N–H and O–H groups in total. The van der Waals surface area contributed by atoms with Crippen molar-refractivity contribution in [1.29, 1.82) is 0 Å². The van der Waals surface area contributed by atoms with Crippen LogP contribution in [0.25, 0.3) is 0 Å². The third-order valence-electron chi connectivity index (χ3n) is 2.93. The van der Waals surface area contributed by atoms with E-state index in [9.17, 15) is 4.79 Å². The van der Waals surface area contributed by atoms with Crippen LogP contribution in [0.3, 0.4) is 0 Å². The van der Waals surface area contributed by atoms with Gasteiger partial charge in [-0.05, 0) is 29.8 Å². The maximum atomic E-state index is 12.2. The quantitative estimate of drug-likeness (QED) is 0.784. The Balaban J connectivity index is 2.48. The highest BCUT2D eigenvalue weighted by molar-refractivity contribution is 9.10. The first-order chi connectivity index (χ1) is 9.49. The molecule has 2 aromatic rings. The summed E-state index contributed by atoms with van der Waals surface area (Å²) in [6.07, 6.45) is 1.40. The van der Waals surface area contributed by atoms with Gasteiger partial charge in [-0.1, -0.05) is 11.6 Å². The second kappa shape index (κ2) is 5.97. The maximum absolute atomic E-state index is 12.2. The average Bonchev–Trinajstić information content (AvgIpc) is 2.70. The topological polar surface area (TPSA) is 61.9 Å². The van der Waals surface area contributed by atoms with Crippen molar-refractivity contribution in [3.63, 3.8) is 0 Å². The van der Waals surface area contributed by atoms with Gasteiger partial charge in [0.25, 0.3) is 5.56 Å². The molecule has 20 heavy (non-hydrogen) atoms. The molecule has 0 aliphatic carbocycles. The van der Waals surface area contributed by atoms with Crippen molar-refractivity contribution >= 4 is 27.5 Å². The van der Waals surface area contributed by atoms with Crippen LogP contribution < -0.4 is 10.3 Å². The van der Waals surface area contributed by atoms with Crippen molar-refractivity contribution in [2.24, 2.45) is 0 Å². The molecule has 0 bridgehead atoms. The van der Waals surface area contributed by atoms with Crippen LogP contribution >= 0.6 is 27.5 Å². The highest BCUT2D eigenvalue weighted by Gasteiger charge is 2.16. The zero-order chi connectivity index (χ0) is 14.9. The van der Waals surface area contributed by atoms with Gasteiger partial charge in [0.1, 0.15) is 0 Å². The second-order valence-corrected chi connectivity index (χ2v) is 5.31. The molecule has 0 unspecified atom stereocenters. The molecule has 2 rings (SSSR count). The summed E-state index contributed by atoms with van der Waals surface area (Å²) in [6, 6.07) is 0. The Morgan fingerprint density at radius 1 is 1.50 bits per heavy atom. The highest BCUT2D eigenvalue weighted by atomic mass is 79.9. The van der Waals surface area contributed by atoms with Crippen LogP contribution in [0.1, 0.15) is 18.3 Å². The highest BCUT2D eigenvalue weighted by Crippen LogP contribution is 2.22. The molecule has 0 atom stereocenters. The van der Waals surface area contributed by atoms with Gasteiger partial charge in [-0.15, -0.1) is 0 Å². The lowest BCUT2D eigenvalue weighted by Gasteiger charge is -2.10. The normalized spacial score (nSPS) is 10.8. The van der Waals surface area contributed by atoms with E-state index in [1.54, 1.807) is 0 Å². The number of ether oxygens (including phenoxy) is 1. The lowest BCUT2D eigenvalue weighted by molar-refractivity contribution is 0.400. The minimum Gasteiger partial charge on any atom is -0.489 e. The molecule has 108 valence electrons. The van der Waals surface area contributed by atoms with E-state index in [4.69, 9.17) is 16.3 Å². The number of halogens is 2. The number of aromatic nitrogens is 4. The summed E-state index contributed by atoms with van der Waals surface area (Å²) in [6.45, 7) is 4.96. The van der Waals surface area contributed by atoms with Gasteiger partial charge in [-0.25, -0.2) is 4.98 Å². The van der Waals surface area contributed by atoms with Gasteiger partial charge in [0.2, 0.25) is 5.75 Å². The largest absolute Gasteiger partial charge is 0.489 e. The molecule has 0 aromatic carbocycles. The first-order valence-electron chi connectivity index (χ1n) is 6.00. The summed E-state index contributed by atoms with van der Waals surface area (Å²) in [5.74, 6) is 0.0459. The van der Waals surface area contributed by atoms with E-state index in [1.807, 2.05) is 18.5 Å². The number of aryl methyl sites for hydroxylation is 2. The van der Waals surface area contributed by atoms with Gasteiger partial charge < -0.3 is 4.74 Å². The molecule has 2 aromatic heterocycles. The van der Waals surface area contributed by atoms with Gasteiger partial charge in [0.05, 0.1) is 35.8 Å². The Kier molecular flexibility index (Phi) is 4.49. The second-order valence-electron chi connectivity index (χ2n) is 4.16. The van der Waals surface area contributed by atoms with Crippen molar-refractivity contribution in [2.45, 2.75) is 26.9 Å². The van der Waals surface area contributed by atoms with Crippen molar-refractivity contribution in [2.75, 3.05) is 7.11 Å². The summed E-state index contributed by atoms with van der Waals surface area (Å²) in [4.78, 5) is 16.2. The van der Waals surface area contributed by atoms with Gasteiger partial charge in [0.15, 0.2) is 5.15 Å². The fraction of sp³-hybridized carbons (Fsp3) is 0.417. The zero-order valence-electron chi connectivity index (χ0n) is 11.4. The number of rotatable bonds is 4. The zero-order valence-corrected chi connectivity index (χ0v) is 13.7. The molecular weight excluding hydrogens is 348 g/mol. The molecule has 0 fully saturated rings. The lowest BCUT2D eigenvalue weighted by Crippen LogP contribution is -2.24. The van der Waals surface area contributed by atoms with Crippen LogP contribution in [0.5, 0.6) is 5.75 Å². The lowest BCUT2D eigenvalue weighted by atomic mass is 10.3. The van der Waals surface area contributed by atoms with E-state index < -0.39 is 0 Å². The number of methoxy groups -OCH3 is 1. The maximum Gasteiger partial charge on any atom is 0.297 e. The van der Waals surface area contributed by atoms with Crippen LogP contribution in [0.4, 0.5) is 0 Å². The molecule has 0 amide bonds. The van der Waals surface area contributed by atoms with E-state index in [0.29, 0.717) is 13.1 Å². The van der Waals surface area contributed by atoms with Gasteiger partial charge in [-0.2, -0.15) is 5.10 Å². The predicted molar refractivity (Wildman–Crippen MR) is 79.5 cm³/mol. The molecule has 0 saturated carbocycles. The monoisotopic (exact) mass is 360 g/mol. The molecular formula is C12H14BrClN4O2. The van der Waals surface area contributed by atoms with Gasteiger partial charge >= 0.3 is 0 Å². The Labute approximate surface area is 129 Å². The van der Waals surface area contributed by atoms with E-state index >= 15 is 0 Å².